The van der Waals surface area contributed by atoms with Crippen LogP contribution in [0.5, 0.6) is 0 Å². The smallest absolute Gasteiger partial charge is 0.228 e. The molecule has 1 fully saturated rings. The van der Waals surface area contributed by atoms with Gasteiger partial charge in [-0.2, -0.15) is 0 Å². The molecule has 0 aromatic heterocycles. The van der Waals surface area contributed by atoms with Gasteiger partial charge in [0.05, 0.1) is 5.92 Å². The molecule has 142 valence electrons. The quantitative estimate of drug-likeness (QED) is 0.613. The van der Waals surface area contributed by atoms with Crippen LogP contribution in [-0.2, 0) is 10.2 Å². The Balaban J connectivity index is 1.70. The topological polar surface area (TPSA) is 29.1 Å². The summed E-state index contributed by atoms with van der Waals surface area (Å²) in [6.07, 6.45) is 0.844. The minimum absolute atomic E-state index is 0.0585. The minimum atomic E-state index is -0.235. The third kappa shape index (κ3) is 3.24. The highest BCUT2D eigenvalue weighted by Gasteiger charge is 2.60. The van der Waals surface area contributed by atoms with Crippen LogP contribution >= 0.6 is 0 Å². The molecule has 0 bridgehead atoms. The third-order valence-corrected chi connectivity index (χ3v) is 5.98. The number of hydrogen-bond donors (Lipinski definition) is 1. The van der Waals surface area contributed by atoms with E-state index in [2.05, 4.69) is 80.7 Å². The van der Waals surface area contributed by atoms with Gasteiger partial charge < -0.3 is 5.32 Å². The summed E-state index contributed by atoms with van der Waals surface area (Å²) < 4.78 is 0. The van der Waals surface area contributed by atoms with Crippen molar-refractivity contribution >= 4 is 11.6 Å². The molecule has 1 saturated carbocycles. The van der Waals surface area contributed by atoms with Gasteiger partial charge in [-0.25, -0.2) is 0 Å². The highest BCUT2D eigenvalue weighted by Crippen LogP contribution is 2.59. The van der Waals surface area contributed by atoms with Crippen molar-refractivity contribution in [3.63, 3.8) is 0 Å². The van der Waals surface area contributed by atoms with Gasteiger partial charge in [-0.15, -0.1) is 0 Å². The van der Waals surface area contributed by atoms with Crippen LogP contribution in [0.4, 0.5) is 5.69 Å². The number of hydrogen-bond acceptors (Lipinski definition) is 1. The Morgan fingerprint density at radius 2 is 1.39 bits per heavy atom. The molecule has 0 saturated heterocycles. The molecule has 3 aromatic rings. The first-order valence-corrected chi connectivity index (χ1v) is 9.92. The second kappa shape index (κ2) is 6.94. The van der Waals surface area contributed by atoms with E-state index in [4.69, 9.17) is 0 Å². The Morgan fingerprint density at radius 3 is 1.93 bits per heavy atom. The molecule has 1 atom stereocenters. The van der Waals surface area contributed by atoms with Crippen LogP contribution in [0.1, 0.15) is 39.8 Å². The molecule has 4 rings (SSSR count). The van der Waals surface area contributed by atoms with Gasteiger partial charge in [0.25, 0.3) is 0 Å². The first-order valence-electron chi connectivity index (χ1n) is 9.92. The van der Waals surface area contributed by atoms with Crippen LogP contribution in [0.3, 0.4) is 0 Å². The number of amides is 1. The number of benzene rings is 3. The van der Waals surface area contributed by atoms with Gasteiger partial charge in [0.2, 0.25) is 5.91 Å². The second-order valence-corrected chi connectivity index (χ2v) is 8.27. The number of carbonyl (C=O) groups is 1. The van der Waals surface area contributed by atoms with Crippen molar-refractivity contribution in [1.29, 1.82) is 0 Å². The van der Waals surface area contributed by atoms with Crippen molar-refractivity contribution in [1.82, 2.24) is 0 Å². The lowest BCUT2D eigenvalue weighted by Crippen LogP contribution is -2.22. The summed E-state index contributed by atoms with van der Waals surface area (Å²) in [5.41, 5.74) is 7.90. The van der Waals surface area contributed by atoms with Crippen LogP contribution in [0.25, 0.3) is 0 Å². The van der Waals surface area contributed by atoms with Gasteiger partial charge in [-0.05, 0) is 56.9 Å². The summed E-state index contributed by atoms with van der Waals surface area (Å²) >= 11 is 0. The summed E-state index contributed by atoms with van der Waals surface area (Å²) in [6, 6.07) is 23.4. The molecule has 28 heavy (non-hydrogen) atoms. The third-order valence-electron chi connectivity index (χ3n) is 5.98. The monoisotopic (exact) mass is 369 g/mol. The lowest BCUT2D eigenvalue weighted by Gasteiger charge is -2.20. The van der Waals surface area contributed by atoms with Crippen molar-refractivity contribution in [2.24, 2.45) is 5.92 Å². The average Bonchev–Trinajstić information content (AvgIpc) is 3.41. The van der Waals surface area contributed by atoms with Crippen LogP contribution in [0.15, 0.2) is 66.7 Å². The summed E-state index contributed by atoms with van der Waals surface area (Å²) in [6.45, 7) is 8.34. The van der Waals surface area contributed by atoms with Crippen LogP contribution in [-0.4, -0.2) is 5.91 Å². The van der Waals surface area contributed by atoms with Gasteiger partial charge in [-0.1, -0.05) is 77.4 Å². The molecule has 0 heterocycles. The van der Waals surface area contributed by atoms with Crippen molar-refractivity contribution in [2.75, 3.05) is 5.32 Å². The van der Waals surface area contributed by atoms with Crippen LogP contribution < -0.4 is 5.32 Å². The van der Waals surface area contributed by atoms with Crippen molar-refractivity contribution < 1.29 is 4.79 Å². The van der Waals surface area contributed by atoms with Gasteiger partial charge >= 0.3 is 0 Å². The fourth-order valence-corrected chi connectivity index (χ4v) is 4.40. The lowest BCUT2D eigenvalue weighted by atomic mass is 9.84. The van der Waals surface area contributed by atoms with Gasteiger partial charge in [-0.3, -0.25) is 4.79 Å². The molecule has 1 aliphatic carbocycles. The Kier molecular flexibility index (Phi) is 4.58. The van der Waals surface area contributed by atoms with Crippen LogP contribution in [0.2, 0.25) is 0 Å². The first kappa shape index (κ1) is 18.5. The molecule has 0 spiro atoms. The van der Waals surface area contributed by atoms with E-state index in [1.807, 2.05) is 19.1 Å². The number of nitrogens with one attached hydrogen (secondary N) is 1. The van der Waals surface area contributed by atoms with E-state index >= 15 is 0 Å². The Hall–Kier alpha value is -2.87. The van der Waals surface area contributed by atoms with Gasteiger partial charge in [0, 0.05) is 11.1 Å². The van der Waals surface area contributed by atoms with E-state index in [9.17, 15) is 4.79 Å². The zero-order valence-corrected chi connectivity index (χ0v) is 17.0. The number of aryl methyl sites for hydroxylation is 4. The molecule has 1 amide bonds. The van der Waals surface area contributed by atoms with Crippen molar-refractivity contribution in [2.45, 2.75) is 39.5 Å². The van der Waals surface area contributed by atoms with E-state index in [1.165, 1.54) is 27.8 Å². The first-order chi connectivity index (χ1) is 13.4. The molecule has 2 nitrogen and oxygen atoms in total. The predicted molar refractivity (Wildman–Crippen MR) is 116 cm³/mol. The molecule has 3 aromatic carbocycles. The molecule has 0 aliphatic heterocycles. The highest BCUT2D eigenvalue weighted by atomic mass is 16.2. The summed E-state index contributed by atoms with van der Waals surface area (Å²) in [5.74, 6) is 0.0479. The summed E-state index contributed by atoms with van der Waals surface area (Å²) in [4.78, 5) is 13.2. The lowest BCUT2D eigenvalue weighted by molar-refractivity contribution is -0.117. The SMILES string of the molecule is Cc1cccc(C2(c3cccc(C)c3)CC2C(=O)Nc2ccc(C)cc2C)c1. The fraction of sp³-hybridized carbons (Fsp3) is 0.269. The Labute approximate surface area is 167 Å². The molecular formula is C26H27NO. The second-order valence-electron chi connectivity index (χ2n) is 8.27. The zero-order chi connectivity index (χ0) is 19.9. The van der Waals surface area contributed by atoms with Crippen molar-refractivity contribution in [3.8, 4) is 0 Å². The molecule has 0 radical (unpaired) electrons. The number of carbonyl (C=O) groups excluding carboxylic acids is 1. The van der Waals surface area contributed by atoms with Gasteiger partial charge in [0.15, 0.2) is 0 Å². The number of anilines is 1. The molecule has 1 N–H and O–H groups in total. The van der Waals surface area contributed by atoms with Gasteiger partial charge in [0.1, 0.15) is 0 Å². The highest BCUT2D eigenvalue weighted by molar-refractivity contribution is 5.97. The normalized spacial score (nSPS) is 17.2. The zero-order valence-electron chi connectivity index (χ0n) is 17.0. The molecule has 1 aliphatic rings. The predicted octanol–water partition coefficient (Wildman–Crippen LogP) is 5.86. The summed E-state index contributed by atoms with van der Waals surface area (Å²) in [7, 11) is 0. The number of rotatable bonds is 4. The van der Waals surface area contributed by atoms with E-state index in [0.717, 1.165) is 17.7 Å². The van der Waals surface area contributed by atoms with E-state index in [0.29, 0.717) is 0 Å². The standard InChI is InChI=1S/C26H27NO/c1-17-7-5-9-21(14-17)26(22-10-6-8-18(2)15-22)16-23(26)25(28)27-24-12-11-19(3)13-20(24)4/h5-15,23H,16H2,1-4H3,(H,27,28). The Morgan fingerprint density at radius 1 is 0.821 bits per heavy atom. The van der Waals surface area contributed by atoms with E-state index in [-0.39, 0.29) is 17.2 Å². The Bertz CT molecular complexity index is 1000. The van der Waals surface area contributed by atoms with Crippen molar-refractivity contribution in [3.05, 3.63) is 100 Å². The minimum Gasteiger partial charge on any atom is -0.326 e. The average molecular weight is 370 g/mol. The molecule has 2 heteroatoms. The fourth-order valence-electron chi connectivity index (χ4n) is 4.40. The molecule has 1 unspecified atom stereocenters. The maximum Gasteiger partial charge on any atom is 0.228 e. The largest absolute Gasteiger partial charge is 0.326 e. The maximum absolute atomic E-state index is 13.2. The van der Waals surface area contributed by atoms with E-state index in [1.54, 1.807) is 0 Å². The maximum atomic E-state index is 13.2. The van der Waals surface area contributed by atoms with Crippen LogP contribution in [0, 0.1) is 33.6 Å². The molecular weight excluding hydrogens is 342 g/mol. The summed E-state index contributed by atoms with van der Waals surface area (Å²) in [5, 5.41) is 3.18. The van der Waals surface area contributed by atoms with E-state index < -0.39 is 0 Å².